The summed E-state index contributed by atoms with van der Waals surface area (Å²) in [5, 5.41) is 5.61. The Bertz CT molecular complexity index is 807. The summed E-state index contributed by atoms with van der Waals surface area (Å²) in [7, 11) is 0. The maximum Gasteiger partial charge on any atom is 0.267 e. The van der Waals surface area contributed by atoms with Crippen LogP contribution in [0.3, 0.4) is 0 Å². The Morgan fingerprint density at radius 1 is 1.11 bits per heavy atom. The first-order chi connectivity index (χ1) is 13.1. The van der Waals surface area contributed by atoms with Gasteiger partial charge in [-0.2, -0.15) is 0 Å². The molecule has 0 aromatic heterocycles. The first-order valence-electron chi connectivity index (χ1n) is 9.16. The van der Waals surface area contributed by atoms with E-state index in [2.05, 4.69) is 10.6 Å². The SMILES string of the molecule is Cc1ccc(C(=O)N/C(=C/c2ccccc2)C(=O)NC[C@H]2CCCO2)cc1. The van der Waals surface area contributed by atoms with Gasteiger partial charge in [-0.1, -0.05) is 48.0 Å². The molecule has 1 aliphatic heterocycles. The zero-order chi connectivity index (χ0) is 19.1. The molecule has 0 bridgehead atoms. The molecular formula is C22H24N2O3. The van der Waals surface area contributed by atoms with E-state index in [-0.39, 0.29) is 23.6 Å². The van der Waals surface area contributed by atoms with Gasteiger partial charge in [-0.15, -0.1) is 0 Å². The Morgan fingerprint density at radius 2 is 1.85 bits per heavy atom. The normalized spacial score (nSPS) is 16.8. The van der Waals surface area contributed by atoms with Gasteiger partial charge in [0.05, 0.1) is 6.10 Å². The number of benzene rings is 2. The van der Waals surface area contributed by atoms with Crippen molar-refractivity contribution in [1.29, 1.82) is 0 Å². The molecule has 0 spiro atoms. The highest BCUT2D eigenvalue weighted by Gasteiger charge is 2.19. The predicted molar refractivity (Wildman–Crippen MR) is 105 cm³/mol. The van der Waals surface area contributed by atoms with E-state index in [4.69, 9.17) is 4.74 Å². The maximum absolute atomic E-state index is 12.7. The van der Waals surface area contributed by atoms with Crippen LogP contribution in [0.4, 0.5) is 0 Å². The van der Waals surface area contributed by atoms with Gasteiger partial charge in [0, 0.05) is 18.7 Å². The fraction of sp³-hybridized carbons (Fsp3) is 0.273. The number of carbonyl (C=O) groups excluding carboxylic acids is 2. The molecule has 2 N–H and O–H groups in total. The van der Waals surface area contributed by atoms with Crippen molar-refractivity contribution in [3.63, 3.8) is 0 Å². The summed E-state index contributed by atoms with van der Waals surface area (Å²) in [5.74, 6) is -0.640. The van der Waals surface area contributed by atoms with Gasteiger partial charge in [0.25, 0.3) is 11.8 Å². The van der Waals surface area contributed by atoms with Gasteiger partial charge in [0.2, 0.25) is 0 Å². The molecule has 1 atom stereocenters. The van der Waals surface area contributed by atoms with Crippen molar-refractivity contribution in [2.75, 3.05) is 13.2 Å². The topological polar surface area (TPSA) is 67.4 Å². The lowest BCUT2D eigenvalue weighted by atomic mass is 10.1. The van der Waals surface area contributed by atoms with Gasteiger partial charge < -0.3 is 15.4 Å². The molecule has 5 nitrogen and oxygen atoms in total. The fourth-order valence-electron chi connectivity index (χ4n) is 2.88. The van der Waals surface area contributed by atoms with E-state index in [9.17, 15) is 9.59 Å². The summed E-state index contributed by atoms with van der Waals surface area (Å²) in [6.45, 7) is 3.13. The quantitative estimate of drug-likeness (QED) is 0.774. The second kappa shape index (κ2) is 9.14. The highest BCUT2D eigenvalue weighted by Crippen LogP contribution is 2.12. The molecule has 2 aromatic carbocycles. The van der Waals surface area contributed by atoms with E-state index in [1.54, 1.807) is 18.2 Å². The summed E-state index contributed by atoms with van der Waals surface area (Å²) < 4.78 is 5.54. The molecule has 5 heteroatoms. The lowest BCUT2D eigenvalue weighted by Gasteiger charge is -2.14. The third kappa shape index (κ3) is 5.53. The Hall–Kier alpha value is -2.92. The van der Waals surface area contributed by atoms with E-state index in [0.29, 0.717) is 12.1 Å². The Balaban J connectivity index is 1.74. The molecule has 1 heterocycles. The van der Waals surface area contributed by atoms with Gasteiger partial charge >= 0.3 is 0 Å². The van der Waals surface area contributed by atoms with Crippen LogP contribution in [-0.4, -0.2) is 31.1 Å². The molecule has 1 fully saturated rings. The summed E-state index contributed by atoms with van der Waals surface area (Å²) >= 11 is 0. The highest BCUT2D eigenvalue weighted by atomic mass is 16.5. The van der Waals surface area contributed by atoms with Crippen LogP contribution in [0.25, 0.3) is 6.08 Å². The number of nitrogens with one attached hydrogen (secondary N) is 2. The van der Waals surface area contributed by atoms with Crippen molar-refractivity contribution in [3.8, 4) is 0 Å². The van der Waals surface area contributed by atoms with Crippen LogP contribution in [0.15, 0.2) is 60.3 Å². The lowest BCUT2D eigenvalue weighted by molar-refractivity contribution is -0.118. The summed E-state index contributed by atoms with van der Waals surface area (Å²) in [6, 6.07) is 16.7. The first kappa shape index (κ1) is 18.9. The van der Waals surface area contributed by atoms with Crippen LogP contribution in [0, 0.1) is 6.92 Å². The van der Waals surface area contributed by atoms with Crippen molar-refractivity contribution in [1.82, 2.24) is 10.6 Å². The smallest absolute Gasteiger partial charge is 0.267 e. The third-order valence-corrected chi connectivity index (χ3v) is 4.43. The fourth-order valence-corrected chi connectivity index (χ4v) is 2.88. The van der Waals surface area contributed by atoms with Crippen LogP contribution >= 0.6 is 0 Å². The molecule has 1 aliphatic rings. The summed E-state index contributed by atoms with van der Waals surface area (Å²) in [6.07, 6.45) is 3.67. The third-order valence-electron chi connectivity index (χ3n) is 4.43. The highest BCUT2D eigenvalue weighted by molar-refractivity contribution is 6.05. The summed E-state index contributed by atoms with van der Waals surface area (Å²) in [4.78, 5) is 25.2. The molecule has 0 saturated carbocycles. The molecule has 0 unspecified atom stereocenters. The van der Waals surface area contributed by atoms with Gasteiger partial charge in [-0.25, -0.2) is 0 Å². The Labute approximate surface area is 159 Å². The van der Waals surface area contributed by atoms with Gasteiger partial charge in [-0.05, 0) is 43.5 Å². The van der Waals surface area contributed by atoms with Crippen LogP contribution in [0.5, 0.6) is 0 Å². The van der Waals surface area contributed by atoms with E-state index in [1.807, 2.05) is 49.4 Å². The van der Waals surface area contributed by atoms with E-state index < -0.39 is 0 Å². The van der Waals surface area contributed by atoms with Crippen molar-refractivity contribution in [2.24, 2.45) is 0 Å². The largest absolute Gasteiger partial charge is 0.376 e. The van der Waals surface area contributed by atoms with Crippen molar-refractivity contribution >= 4 is 17.9 Å². The summed E-state index contributed by atoms with van der Waals surface area (Å²) in [5.41, 5.74) is 2.63. The van der Waals surface area contributed by atoms with E-state index in [1.165, 1.54) is 0 Å². The number of hydrogen-bond donors (Lipinski definition) is 2. The van der Waals surface area contributed by atoms with Crippen molar-refractivity contribution in [2.45, 2.75) is 25.9 Å². The molecule has 0 radical (unpaired) electrons. The number of ether oxygens (including phenoxy) is 1. The Kier molecular flexibility index (Phi) is 6.39. The van der Waals surface area contributed by atoms with E-state index in [0.717, 1.165) is 30.6 Å². The molecular weight excluding hydrogens is 340 g/mol. The molecule has 3 rings (SSSR count). The van der Waals surface area contributed by atoms with Crippen LogP contribution in [0.1, 0.15) is 34.3 Å². The maximum atomic E-state index is 12.7. The number of hydrogen-bond acceptors (Lipinski definition) is 3. The second-order valence-electron chi connectivity index (χ2n) is 6.63. The minimum Gasteiger partial charge on any atom is -0.376 e. The number of carbonyl (C=O) groups is 2. The standard InChI is InChI=1S/C22H24N2O3/c1-16-9-11-18(12-10-16)21(25)24-20(14-17-6-3-2-4-7-17)22(26)23-15-19-8-5-13-27-19/h2-4,6-7,9-12,14,19H,5,8,13,15H2,1H3,(H,23,26)(H,24,25)/b20-14+/t19-/m1/s1. The van der Waals surface area contributed by atoms with Crippen LogP contribution in [-0.2, 0) is 9.53 Å². The molecule has 140 valence electrons. The van der Waals surface area contributed by atoms with E-state index >= 15 is 0 Å². The number of aryl methyl sites for hydroxylation is 1. The second-order valence-corrected chi connectivity index (χ2v) is 6.63. The number of rotatable bonds is 6. The number of amides is 2. The zero-order valence-electron chi connectivity index (χ0n) is 15.4. The lowest BCUT2D eigenvalue weighted by Crippen LogP contribution is -2.38. The predicted octanol–water partition coefficient (Wildman–Crippen LogP) is 3.06. The Morgan fingerprint density at radius 3 is 2.52 bits per heavy atom. The average Bonchev–Trinajstić information content (AvgIpc) is 3.20. The molecule has 27 heavy (non-hydrogen) atoms. The minimum atomic E-state index is -0.324. The van der Waals surface area contributed by atoms with Gasteiger partial charge in [0.15, 0.2) is 0 Å². The van der Waals surface area contributed by atoms with Crippen LogP contribution < -0.4 is 10.6 Å². The van der Waals surface area contributed by atoms with Gasteiger partial charge in [-0.3, -0.25) is 9.59 Å². The minimum absolute atomic E-state index is 0.0414. The monoisotopic (exact) mass is 364 g/mol. The molecule has 1 saturated heterocycles. The molecule has 2 amide bonds. The molecule has 0 aliphatic carbocycles. The van der Waals surface area contributed by atoms with Crippen molar-refractivity contribution in [3.05, 3.63) is 77.0 Å². The average molecular weight is 364 g/mol. The molecule has 2 aromatic rings. The first-order valence-corrected chi connectivity index (χ1v) is 9.16. The van der Waals surface area contributed by atoms with Crippen LogP contribution in [0.2, 0.25) is 0 Å². The van der Waals surface area contributed by atoms with Crippen molar-refractivity contribution < 1.29 is 14.3 Å². The van der Waals surface area contributed by atoms with Gasteiger partial charge in [0.1, 0.15) is 5.70 Å². The zero-order valence-corrected chi connectivity index (χ0v) is 15.4.